The number of hydrogen-bond acceptors (Lipinski definition) is 3. The molecule has 2 heterocycles. The normalized spacial score (nSPS) is 23.4. The summed E-state index contributed by atoms with van der Waals surface area (Å²) in [5.74, 6) is 0.135. The number of rotatable bonds is 2. The predicted molar refractivity (Wildman–Crippen MR) is 87.1 cm³/mol. The lowest BCUT2D eigenvalue weighted by atomic mass is 9.81. The maximum atomic E-state index is 12.7. The average Bonchev–Trinajstić information content (AvgIpc) is 2.82. The molecule has 0 N–H and O–H groups in total. The average molecular weight is 316 g/mol. The zero-order valence-corrected chi connectivity index (χ0v) is 13.8. The number of carbonyl (C=O) groups is 2. The van der Waals surface area contributed by atoms with Crippen molar-refractivity contribution in [3.05, 3.63) is 35.9 Å². The van der Waals surface area contributed by atoms with E-state index in [0.29, 0.717) is 19.7 Å². The number of hydrogen-bond donors (Lipinski definition) is 0. The highest BCUT2D eigenvalue weighted by Crippen LogP contribution is 2.44. The lowest BCUT2D eigenvalue weighted by Gasteiger charge is -2.43. The molecule has 2 aliphatic heterocycles. The molecule has 0 bridgehead atoms. The molecule has 1 aromatic rings. The fraction of sp³-hybridized carbons (Fsp3) is 0.556. The van der Waals surface area contributed by atoms with E-state index in [4.69, 9.17) is 4.74 Å². The summed E-state index contributed by atoms with van der Waals surface area (Å²) < 4.78 is 5.08. The summed E-state index contributed by atoms with van der Waals surface area (Å²) in [6, 6.07) is 10.0. The molecule has 0 unspecified atom stereocenters. The Balaban J connectivity index is 1.72. The number of benzene rings is 1. The molecule has 0 saturated carbocycles. The van der Waals surface area contributed by atoms with Crippen LogP contribution in [0.15, 0.2) is 30.3 Å². The Kier molecular flexibility index (Phi) is 4.28. The molecule has 3 rings (SSSR count). The highest BCUT2D eigenvalue weighted by molar-refractivity contribution is 5.87. The van der Waals surface area contributed by atoms with Crippen molar-refractivity contribution in [2.45, 2.75) is 37.6 Å². The largest absolute Gasteiger partial charge is 0.450 e. The molecule has 2 fully saturated rings. The summed E-state index contributed by atoms with van der Waals surface area (Å²) in [4.78, 5) is 28.3. The second-order valence-corrected chi connectivity index (χ2v) is 6.47. The van der Waals surface area contributed by atoms with Gasteiger partial charge in [-0.1, -0.05) is 30.3 Å². The van der Waals surface area contributed by atoms with Crippen LogP contribution in [0.3, 0.4) is 0 Å². The highest BCUT2D eigenvalue weighted by Gasteiger charge is 2.50. The highest BCUT2D eigenvalue weighted by atomic mass is 16.6. The minimum atomic E-state index is -0.242. The maximum absolute atomic E-state index is 12.7. The van der Waals surface area contributed by atoms with E-state index in [2.05, 4.69) is 0 Å². The number of ether oxygens (including phenoxy) is 1. The van der Waals surface area contributed by atoms with Crippen molar-refractivity contribution < 1.29 is 14.3 Å². The van der Waals surface area contributed by atoms with Crippen LogP contribution in [0, 0.1) is 0 Å². The van der Waals surface area contributed by atoms with E-state index in [1.165, 1.54) is 0 Å². The van der Waals surface area contributed by atoms with E-state index in [-0.39, 0.29) is 23.5 Å². The van der Waals surface area contributed by atoms with Crippen LogP contribution >= 0.6 is 0 Å². The third-order valence-corrected chi connectivity index (χ3v) is 5.35. The van der Waals surface area contributed by atoms with Crippen molar-refractivity contribution in [2.24, 2.45) is 0 Å². The van der Waals surface area contributed by atoms with Gasteiger partial charge in [-0.25, -0.2) is 4.79 Å². The molecule has 1 aromatic carbocycles. The second-order valence-electron chi connectivity index (χ2n) is 6.47. The first kappa shape index (κ1) is 15.8. The van der Waals surface area contributed by atoms with Crippen LogP contribution in [0.25, 0.3) is 0 Å². The zero-order valence-electron chi connectivity index (χ0n) is 13.8. The Bertz CT molecular complexity index is 579. The monoisotopic (exact) mass is 316 g/mol. The van der Waals surface area contributed by atoms with Gasteiger partial charge in [0.2, 0.25) is 5.91 Å². The van der Waals surface area contributed by atoms with Crippen molar-refractivity contribution in [3.63, 3.8) is 0 Å². The first-order valence-corrected chi connectivity index (χ1v) is 8.32. The minimum absolute atomic E-state index is 0.0599. The molecule has 1 atom stereocenters. The summed E-state index contributed by atoms with van der Waals surface area (Å²) in [5, 5.41) is 0. The molecule has 5 nitrogen and oxygen atoms in total. The van der Waals surface area contributed by atoms with E-state index in [1.807, 2.05) is 49.2 Å². The third-order valence-electron chi connectivity index (χ3n) is 5.35. The summed E-state index contributed by atoms with van der Waals surface area (Å²) in [5.41, 5.74) is 0.967. The van der Waals surface area contributed by atoms with Crippen molar-refractivity contribution in [1.29, 1.82) is 0 Å². The van der Waals surface area contributed by atoms with Crippen LogP contribution < -0.4 is 0 Å². The van der Waals surface area contributed by atoms with Crippen molar-refractivity contribution >= 4 is 12.0 Å². The number of likely N-dealkylation sites (tertiary alicyclic amines) is 2. The number of carbonyl (C=O) groups excluding carboxylic acids is 2. The molecule has 0 aliphatic carbocycles. The fourth-order valence-electron chi connectivity index (χ4n) is 3.88. The van der Waals surface area contributed by atoms with E-state index in [0.717, 1.165) is 24.8 Å². The van der Waals surface area contributed by atoms with Gasteiger partial charge in [0.25, 0.3) is 0 Å². The van der Waals surface area contributed by atoms with Gasteiger partial charge in [-0.2, -0.15) is 0 Å². The fourth-order valence-corrected chi connectivity index (χ4v) is 3.88. The molecule has 5 heteroatoms. The topological polar surface area (TPSA) is 49.9 Å². The van der Waals surface area contributed by atoms with E-state index in [9.17, 15) is 9.59 Å². The van der Waals surface area contributed by atoms with Gasteiger partial charge < -0.3 is 14.5 Å². The summed E-state index contributed by atoms with van der Waals surface area (Å²) in [7, 11) is 1.91. The summed E-state index contributed by atoms with van der Waals surface area (Å²) in [6.07, 6.45) is 2.23. The predicted octanol–water partition coefficient (Wildman–Crippen LogP) is 2.62. The molecule has 0 aromatic heterocycles. The Morgan fingerprint density at radius 3 is 2.52 bits per heavy atom. The Morgan fingerprint density at radius 1 is 1.26 bits per heavy atom. The van der Waals surface area contributed by atoms with Crippen LogP contribution in [0.1, 0.15) is 37.7 Å². The smallest absolute Gasteiger partial charge is 0.409 e. The lowest BCUT2D eigenvalue weighted by Crippen LogP contribution is -2.52. The first-order chi connectivity index (χ1) is 11.1. The molecule has 2 aliphatic rings. The third kappa shape index (κ3) is 2.80. The molecule has 23 heavy (non-hydrogen) atoms. The molecule has 2 amide bonds. The van der Waals surface area contributed by atoms with Crippen LogP contribution in [0.4, 0.5) is 4.79 Å². The maximum Gasteiger partial charge on any atom is 0.409 e. The summed E-state index contributed by atoms with van der Waals surface area (Å²) in [6.45, 7) is 3.52. The van der Waals surface area contributed by atoms with Gasteiger partial charge in [-0.05, 0) is 31.7 Å². The minimum Gasteiger partial charge on any atom is -0.450 e. The van der Waals surface area contributed by atoms with Crippen LogP contribution in [-0.4, -0.2) is 54.1 Å². The Hall–Kier alpha value is -2.04. The van der Waals surface area contributed by atoms with Gasteiger partial charge in [-0.3, -0.25) is 4.79 Å². The number of nitrogens with zero attached hydrogens (tertiary/aromatic N) is 2. The number of piperidine rings is 1. The van der Waals surface area contributed by atoms with Gasteiger partial charge in [0.15, 0.2) is 0 Å². The number of likely N-dealkylation sites (N-methyl/N-ethyl adjacent to an activating group) is 1. The van der Waals surface area contributed by atoms with Crippen LogP contribution in [0.5, 0.6) is 0 Å². The molecular formula is C18H24N2O3. The van der Waals surface area contributed by atoms with Crippen LogP contribution in [0.2, 0.25) is 0 Å². The van der Waals surface area contributed by atoms with Gasteiger partial charge >= 0.3 is 6.09 Å². The molecule has 1 spiro atoms. The van der Waals surface area contributed by atoms with Gasteiger partial charge in [0.05, 0.1) is 12.5 Å². The van der Waals surface area contributed by atoms with E-state index in [1.54, 1.807) is 4.90 Å². The summed E-state index contributed by atoms with van der Waals surface area (Å²) >= 11 is 0. The second kappa shape index (κ2) is 6.22. The Morgan fingerprint density at radius 2 is 1.91 bits per heavy atom. The molecule has 2 saturated heterocycles. The van der Waals surface area contributed by atoms with Gasteiger partial charge in [0, 0.05) is 25.7 Å². The Labute approximate surface area is 137 Å². The van der Waals surface area contributed by atoms with Crippen molar-refractivity contribution in [1.82, 2.24) is 9.80 Å². The lowest BCUT2D eigenvalue weighted by molar-refractivity contribution is -0.131. The van der Waals surface area contributed by atoms with E-state index < -0.39 is 0 Å². The standard InChI is InChI=1S/C18H24N2O3/c1-3-23-17(22)20-11-9-18(10-12-20)13-15(16(21)19(18)2)14-7-5-4-6-8-14/h4-8,15H,3,9-13H2,1-2H3/t15-/m0/s1. The zero-order chi connectivity index (χ0) is 16.4. The van der Waals surface area contributed by atoms with E-state index >= 15 is 0 Å². The van der Waals surface area contributed by atoms with Gasteiger partial charge in [0.1, 0.15) is 0 Å². The molecule has 0 radical (unpaired) electrons. The molecule has 124 valence electrons. The first-order valence-electron chi connectivity index (χ1n) is 8.32. The van der Waals surface area contributed by atoms with Gasteiger partial charge in [-0.15, -0.1) is 0 Å². The van der Waals surface area contributed by atoms with Crippen LogP contribution in [-0.2, 0) is 9.53 Å². The quantitative estimate of drug-likeness (QED) is 0.843. The van der Waals surface area contributed by atoms with Crippen molar-refractivity contribution in [2.75, 3.05) is 26.7 Å². The molecular weight excluding hydrogens is 292 g/mol. The number of amides is 2. The van der Waals surface area contributed by atoms with Crippen molar-refractivity contribution in [3.8, 4) is 0 Å². The SMILES string of the molecule is CCOC(=O)N1CCC2(CC1)C[C@@H](c1ccccc1)C(=O)N2C.